The molecule has 3 N–H and O–H groups in total. The lowest BCUT2D eigenvalue weighted by molar-refractivity contribution is -0.118. The molecule has 32 heavy (non-hydrogen) atoms. The Morgan fingerprint density at radius 3 is 2.19 bits per heavy atom. The van der Waals surface area contributed by atoms with Gasteiger partial charge in [0.1, 0.15) is 11.8 Å². The van der Waals surface area contributed by atoms with Crippen LogP contribution in [-0.2, 0) is 4.79 Å². The fourth-order valence-corrected chi connectivity index (χ4v) is 3.60. The number of thioether (sulfide) groups is 1. The molecule has 0 aliphatic heterocycles. The lowest BCUT2D eigenvalue weighted by atomic mass is 10.1. The molecule has 0 radical (unpaired) electrons. The zero-order chi connectivity index (χ0) is 22.8. The van der Waals surface area contributed by atoms with Crippen molar-refractivity contribution in [2.45, 2.75) is 12.5 Å². The van der Waals surface area contributed by atoms with E-state index in [1.807, 2.05) is 60.9 Å². The number of ether oxygens (including phenoxy) is 1. The van der Waals surface area contributed by atoms with Crippen molar-refractivity contribution in [3.63, 3.8) is 0 Å². The van der Waals surface area contributed by atoms with E-state index in [9.17, 15) is 9.59 Å². The number of amides is 2. The van der Waals surface area contributed by atoms with Gasteiger partial charge < -0.3 is 20.7 Å². The molecule has 0 bridgehead atoms. The van der Waals surface area contributed by atoms with Crippen molar-refractivity contribution in [3.8, 4) is 5.75 Å². The Kier molecular flexibility index (Phi) is 8.57. The molecule has 1 unspecified atom stereocenters. The predicted octanol–water partition coefficient (Wildman–Crippen LogP) is 4.93. The Bertz CT molecular complexity index is 1030. The molecule has 6 nitrogen and oxygen atoms in total. The van der Waals surface area contributed by atoms with Crippen LogP contribution in [0.4, 0.5) is 17.1 Å². The maximum atomic E-state index is 12.9. The van der Waals surface area contributed by atoms with Crippen LogP contribution in [0.1, 0.15) is 16.8 Å². The average molecular weight is 450 g/mol. The summed E-state index contributed by atoms with van der Waals surface area (Å²) in [6.45, 7) is 0. The smallest absolute Gasteiger partial charge is 0.255 e. The highest BCUT2D eigenvalue weighted by molar-refractivity contribution is 7.98. The Labute approximate surface area is 192 Å². The molecule has 3 aromatic rings. The zero-order valence-electron chi connectivity index (χ0n) is 18.1. The lowest BCUT2D eigenvalue weighted by Crippen LogP contribution is -2.44. The van der Waals surface area contributed by atoms with Crippen LogP contribution < -0.4 is 20.7 Å². The van der Waals surface area contributed by atoms with Crippen molar-refractivity contribution < 1.29 is 14.3 Å². The monoisotopic (exact) mass is 449 g/mol. The first-order valence-electron chi connectivity index (χ1n) is 10.3. The molecule has 0 saturated heterocycles. The van der Waals surface area contributed by atoms with Crippen LogP contribution in [0.25, 0.3) is 0 Å². The number of benzene rings is 3. The van der Waals surface area contributed by atoms with E-state index in [1.165, 1.54) is 7.11 Å². The average Bonchev–Trinajstić information content (AvgIpc) is 2.83. The number of rotatable bonds is 10. The second-order valence-electron chi connectivity index (χ2n) is 7.07. The van der Waals surface area contributed by atoms with Crippen molar-refractivity contribution in [2.75, 3.05) is 29.8 Å². The highest BCUT2D eigenvalue weighted by atomic mass is 32.2. The molecule has 0 aromatic heterocycles. The second-order valence-corrected chi connectivity index (χ2v) is 8.05. The minimum Gasteiger partial charge on any atom is -0.496 e. The number of hydrogen-bond acceptors (Lipinski definition) is 5. The van der Waals surface area contributed by atoms with Crippen molar-refractivity contribution in [1.82, 2.24) is 5.32 Å². The summed E-state index contributed by atoms with van der Waals surface area (Å²) in [5.41, 5.74) is 2.96. The number of carbonyl (C=O) groups is 2. The van der Waals surface area contributed by atoms with Crippen LogP contribution in [-0.4, -0.2) is 37.0 Å². The van der Waals surface area contributed by atoms with E-state index in [2.05, 4.69) is 16.0 Å². The molecule has 0 heterocycles. The summed E-state index contributed by atoms with van der Waals surface area (Å²) in [6, 6.07) is 23.6. The third-order valence-electron chi connectivity index (χ3n) is 4.80. The quantitative estimate of drug-likeness (QED) is 0.409. The molecule has 0 spiro atoms. The van der Waals surface area contributed by atoms with Gasteiger partial charge in [-0.05, 0) is 67.0 Å². The first-order chi connectivity index (χ1) is 15.6. The van der Waals surface area contributed by atoms with Gasteiger partial charge in [-0.2, -0.15) is 11.8 Å². The molecule has 3 rings (SSSR count). The van der Waals surface area contributed by atoms with Gasteiger partial charge in [0.15, 0.2) is 0 Å². The molecule has 0 aliphatic rings. The second kappa shape index (κ2) is 11.8. The van der Waals surface area contributed by atoms with Crippen LogP contribution in [0.2, 0.25) is 0 Å². The van der Waals surface area contributed by atoms with E-state index in [1.54, 1.807) is 36.0 Å². The molecule has 1 atom stereocenters. The van der Waals surface area contributed by atoms with Crippen molar-refractivity contribution >= 4 is 40.6 Å². The van der Waals surface area contributed by atoms with Gasteiger partial charge in [-0.25, -0.2) is 0 Å². The standard InChI is InChI=1S/C25H27N3O3S/c1-31-23-11-7-6-10-21(23)24(29)28-22(16-17-32-2)25(30)27-20-14-12-19(13-15-20)26-18-8-4-3-5-9-18/h3-15,22,26H,16-17H2,1-2H3,(H,27,30)(H,28,29). The molecule has 2 amide bonds. The number of anilines is 3. The first-order valence-corrected chi connectivity index (χ1v) is 11.7. The summed E-state index contributed by atoms with van der Waals surface area (Å²) in [7, 11) is 1.51. The minimum absolute atomic E-state index is 0.258. The van der Waals surface area contributed by atoms with E-state index < -0.39 is 6.04 Å². The van der Waals surface area contributed by atoms with Crippen molar-refractivity contribution in [2.24, 2.45) is 0 Å². The van der Waals surface area contributed by atoms with Gasteiger partial charge in [0.05, 0.1) is 12.7 Å². The summed E-state index contributed by atoms with van der Waals surface area (Å²) in [5.74, 6) is 0.609. The summed E-state index contributed by atoms with van der Waals surface area (Å²) in [6.07, 6.45) is 2.48. The van der Waals surface area contributed by atoms with E-state index in [0.29, 0.717) is 23.4 Å². The number of nitrogens with one attached hydrogen (secondary N) is 3. The van der Waals surface area contributed by atoms with Crippen molar-refractivity contribution in [3.05, 3.63) is 84.4 Å². The van der Waals surface area contributed by atoms with Gasteiger partial charge in [-0.3, -0.25) is 9.59 Å². The van der Waals surface area contributed by atoms with Gasteiger partial charge >= 0.3 is 0 Å². The highest BCUT2D eigenvalue weighted by Gasteiger charge is 2.22. The Balaban J connectivity index is 1.65. The minimum atomic E-state index is -0.665. The number of carbonyl (C=O) groups excluding carboxylic acids is 2. The van der Waals surface area contributed by atoms with Gasteiger partial charge in [-0.15, -0.1) is 0 Å². The third-order valence-corrected chi connectivity index (χ3v) is 5.44. The van der Waals surface area contributed by atoms with Crippen LogP contribution in [0.3, 0.4) is 0 Å². The molecule has 3 aromatic carbocycles. The van der Waals surface area contributed by atoms with E-state index >= 15 is 0 Å². The van der Waals surface area contributed by atoms with Crippen LogP contribution in [0, 0.1) is 0 Å². The van der Waals surface area contributed by atoms with Crippen LogP contribution in [0.15, 0.2) is 78.9 Å². The number of hydrogen-bond donors (Lipinski definition) is 3. The fourth-order valence-electron chi connectivity index (χ4n) is 3.13. The molecule has 0 saturated carbocycles. The Morgan fingerprint density at radius 2 is 1.50 bits per heavy atom. The van der Waals surface area contributed by atoms with E-state index in [0.717, 1.165) is 17.1 Å². The topological polar surface area (TPSA) is 79.5 Å². The number of para-hydroxylation sites is 2. The summed E-state index contributed by atoms with van der Waals surface area (Å²) < 4.78 is 5.27. The van der Waals surface area contributed by atoms with Crippen LogP contribution >= 0.6 is 11.8 Å². The van der Waals surface area contributed by atoms with Gasteiger partial charge in [-0.1, -0.05) is 30.3 Å². The van der Waals surface area contributed by atoms with Gasteiger partial charge in [0, 0.05) is 17.1 Å². The van der Waals surface area contributed by atoms with Crippen LogP contribution in [0.5, 0.6) is 5.75 Å². The lowest BCUT2D eigenvalue weighted by Gasteiger charge is -2.19. The Morgan fingerprint density at radius 1 is 0.875 bits per heavy atom. The third kappa shape index (κ3) is 6.52. The maximum absolute atomic E-state index is 12.9. The van der Waals surface area contributed by atoms with Gasteiger partial charge in [0.2, 0.25) is 5.91 Å². The molecule has 0 fully saturated rings. The molecule has 0 aliphatic carbocycles. The predicted molar refractivity (Wildman–Crippen MR) is 132 cm³/mol. The van der Waals surface area contributed by atoms with Gasteiger partial charge in [0.25, 0.3) is 5.91 Å². The summed E-state index contributed by atoms with van der Waals surface area (Å²) in [5, 5.41) is 9.06. The molecular weight excluding hydrogens is 422 g/mol. The summed E-state index contributed by atoms with van der Waals surface area (Å²) >= 11 is 1.62. The number of methoxy groups -OCH3 is 1. The Hall–Kier alpha value is -3.45. The highest BCUT2D eigenvalue weighted by Crippen LogP contribution is 2.20. The largest absolute Gasteiger partial charge is 0.496 e. The molecule has 7 heteroatoms. The molecule has 166 valence electrons. The fraction of sp³-hybridized carbons (Fsp3) is 0.200. The maximum Gasteiger partial charge on any atom is 0.255 e. The van der Waals surface area contributed by atoms with Crippen molar-refractivity contribution in [1.29, 1.82) is 0 Å². The normalized spacial score (nSPS) is 11.3. The zero-order valence-corrected chi connectivity index (χ0v) is 18.9. The SMILES string of the molecule is COc1ccccc1C(=O)NC(CCSC)C(=O)Nc1ccc(Nc2ccccc2)cc1. The first kappa shape index (κ1) is 23.2. The molecular formula is C25H27N3O3S. The summed E-state index contributed by atoms with van der Waals surface area (Å²) in [4.78, 5) is 25.7. The van der Waals surface area contributed by atoms with E-state index in [-0.39, 0.29) is 11.8 Å². The van der Waals surface area contributed by atoms with E-state index in [4.69, 9.17) is 4.74 Å².